The number of rotatable bonds is 4. The minimum atomic E-state index is -3.21. The van der Waals surface area contributed by atoms with Crippen molar-refractivity contribution < 1.29 is 12.8 Å². The number of hydrogen-bond donors (Lipinski definition) is 1. The van der Waals surface area contributed by atoms with Crippen molar-refractivity contribution in [1.29, 1.82) is 0 Å². The first kappa shape index (κ1) is 15.7. The number of sulfonamides is 1. The van der Waals surface area contributed by atoms with Crippen LogP contribution in [-0.2, 0) is 10.0 Å². The molecule has 1 aliphatic heterocycles. The summed E-state index contributed by atoms with van der Waals surface area (Å²) in [6.45, 7) is 1.30. The van der Waals surface area contributed by atoms with Crippen molar-refractivity contribution in [2.75, 3.05) is 18.0 Å². The van der Waals surface area contributed by atoms with Gasteiger partial charge in [-0.15, -0.1) is 0 Å². The first-order valence-electron chi connectivity index (χ1n) is 8.19. The summed E-state index contributed by atoms with van der Waals surface area (Å²) < 4.78 is 40.8. The average molecular weight is 350 g/mol. The highest BCUT2D eigenvalue weighted by Crippen LogP contribution is 2.30. The van der Waals surface area contributed by atoms with Crippen LogP contribution in [0.25, 0.3) is 10.9 Å². The van der Waals surface area contributed by atoms with Gasteiger partial charge in [0.2, 0.25) is 10.0 Å². The SMILES string of the molecule is O=S(=O)(NC1CCCN(c2ncnc3ccc(F)cc23)C1)C1CC1. The molecular formula is C16H19FN4O2S. The second-order valence-electron chi connectivity index (χ2n) is 6.51. The van der Waals surface area contributed by atoms with Gasteiger partial charge >= 0.3 is 0 Å². The van der Waals surface area contributed by atoms with Crippen LogP contribution in [0.1, 0.15) is 25.7 Å². The zero-order valence-electron chi connectivity index (χ0n) is 13.2. The maximum absolute atomic E-state index is 13.6. The van der Waals surface area contributed by atoms with Crippen LogP contribution in [0, 0.1) is 5.82 Å². The Morgan fingerprint density at radius 3 is 2.83 bits per heavy atom. The van der Waals surface area contributed by atoms with E-state index in [1.807, 2.05) is 4.90 Å². The molecule has 1 aliphatic carbocycles. The second-order valence-corrected chi connectivity index (χ2v) is 8.50. The zero-order chi connectivity index (χ0) is 16.7. The van der Waals surface area contributed by atoms with Crippen LogP contribution in [0.4, 0.5) is 10.2 Å². The van der Waals surface area contributed by atoms with Gasteiger partial charge in [-0.25, -0.2) is 27.5 Å². The summed E-state index contributed by atoms with van der Waals surface area (Å²) in [5, 5.41) is 0.435. The van der Waals surface area contributed by atoms with E-state index < -0.39 is 10.0 Å². The third-order valence-electron chi connectivity index (χ3n) is 4.59. The van der Waals surface area contributed by atoms with Crippen molar-refractivity contribution in [1.82, 2.24) is 14.7 Å². The summed E-state index contributed by atoms with van der Waals surface area (Å²) >= 11 is 0. The van der Waals surface area contributed by atoms with Crippen LogP contribution in [-0.4, -0.2) is 42.8 Å². The van der Waals surface area contributed by atoms with E-state index in [1.54, 1.807) is 6.07 Å². The Morgan fingerprint density at radius 1 is 1.21 bits per heavy atom. The molecule has 1 saturated carbocycles. The lowest BCUT2D eigenvalue weighted by Crippen LogP contribution is -2.48. The Bertz CT molecular complexity index is 870. The summed E-state index contributed by atoms with van der Waals surface area (Å²) in [7, 11) is -3.21. The maximum atomic E-state index is 13.6. The summed E-state index contributed by atoms with van der Waals surface area (Å²) in [5.74, 6) is 0.330. The van der Waals surface area contributed by atoms with Crippen molar-refractivity contribution >= 4 is 26.7 Å². The molecule has 1 aromatic carbocycles. The fraction of sp³-hybridized carbons (Fsp3) is 0.500. The highest BCUT2D eigenvalue weighted by molar-refractivity contribution is 7.90. The monoisotopic (exact) mass is 350 g/mol. The third-order valence-corrected chi connectivity index (χ3v) is 6.60. The normalized spacial score (nSPS) is 22.0. The van der Waals surface area contributed by atoms with Gasteiger partial charge in [0.05, 0.1) is 10.8 Å². The van der Waals surface area contributed by atoms with E-state index in [1.165, 1.54) is 18.5 Å². The molecule has 1 atom stereocenters. The molecule has 128 valence electrons. The van der Waals surface area contributed by atoms with Gasteiger partial charge in [0, 0.05) is 24.5 Å². The van der Waals surface area contributed by atoms with E-state index in [0.717, 1.165) is 32.2 Å². The van der Waals surface area contributed by atoms with Crippen LogP contribution < -0.4 is 9.62 Å². The van der Waals surface area contributed by atoms with Crippen molar-refractivity contribution in [3.05, 3.63) is 30.3 Å². The lowest BCUT2D eigenvalue weighted by atomic mass is 10.1. The number of anilines is 1. The number of fused-ring (bicyclic) bond motifs is 1. The average Bonchev–Trinajstić information content (AvgIpc) is 3.39. The topological polar surface area (TPSA) is 75.2 Å². The largest absolute Gasteiger partial charge is 0.354 e. The fourth-order valence-electron chi connectivity index (χ4n) is 3.24. The van der Waals surface area contributed by atoms with E-state index in [4.69, 9.17) is 0 Å². The van der Waals surface area contributed by atoms with E-state index in [2.05, 4.69) is 14.7 Å². The Labute approximate surface area is 140 Å². The van der Waals surface area contributed by atoms with Gasteiger partial charge in [0.25, 0.3) is 0 Å². The molecule has 0 radical (unpaired) electrons. The zero-order valence-corrected chi connectivity index (χ0v) is 14.0. The molecule has 4 rings (SSSR count). The number of hydrogen-bond acceptors (Lipinski definition) is 5. The van der Waals surface area contributed by atoms with Crippen LogP contribution in [0.15, 0.2) is 24.5 Å². The second kappa shape index (κ2) is 5.93. The first-order chi connectivity index (χ1) is 11.5. The van der Waals surface area contributed by atoms with Gasteiger partial charge in [0.1, 0.15) is 18.0 Å². The number of nitrogens with one attached hydrogen (secondary N) is 1. The molecule has 8 heteroatoms. The lowest BCUT2D eigenvalue weighted by Gasteiger charge is -2.34. The molecule has 2 heterocycles. The van der Waals surface area contributed by atoms with E-state index >= 15 is 0 Å². The number of aromatic nitrogens is 2. The molecule has 6 nitrogen and oxygen atoms in total. The smallest absolute Gasteiger partial charge is 0.214 e. The minimum absolute atomic E-state index is 0.136. The molecule has 1 N–H and O–H groups in total. The van der Waals surface area contributed by atoms with Crippen molar-refractivity contribution in [2.45, 2.75) is 37.0 Å². The quantitative estimate of drug-likeness (QED) is 0.910. The van der Waals surface area contributed by atoms with Gasteiger partial charge in [-0.05, 0) is 43.9 Å². The van der Waals surface area contributed by atoms with Gasteiger partial charge in [-0.1, -0.05) is 0 Å². The number of nitrogens with zero attached hydrogens (tertiary/aromatic N) is 3. The molecule has 1 unspecified atom stereocenters. The van der Waals surface area contributed by atoms with Crippen molar-refractivity contribution in [3.63, 3.8) is 0 Å². The number of piperidine rings is 1. The molecule has 0 bridgehead atoms. The number of halogens is 1. The van der Waals surface area contributed by atoms with Gasteiger partial charge < -0.3 is 4.90 Å². The highest BCUT2D eigenvalue weighted by Gasteiger charge is 2.37. The Hall–Kier alpha value is -1.80. The third kappa shape index (κ3) is 3.08. The summed E-state index contributed by atoms with van der Waals surface area (Å²) in [6.07, 6.45) is 4.63. The Kier molecular flexibility index (Phi) is 3.88. The van der Waals surface area contributed by atoms with Crippen LogP contribution >= 0.6 is 0 Å². The molecule has 1 saturated heterocycles. The highest BCUT2D eigenvalue weighted by atomic mass is 32.2. The molecule has 2 aromatic rings. The van der Waals surface area contributed by atoms with Gasteiger partial charge in [-0.2, -0.15) is 0 Å². The molecule has 0 spiro atoms. The van der Waals surface area contributed by atoms with E-state index in [-0.39, 0.29) is 17.1 Å². The van der Waals surface area contributed by atoms with E-state index in [0.29, 0.717) is 23.3 Å². The van der Waals surface area contributed by atoms with Crippen molar-refractivity contribution in [2.24, 2.45) is 0 Å². The van der Waals surface area contributed by atoms with Gasteiger partial charge in [0.15, 0.2) is 0 Å². The Morgan fingerprint density at radius 2 is 2.04 bits per heavy atom. The molecule has 2 fully saturated rings. The van der Waals surface area contributed by atoms with Gasteiger partial charge in [-0.3, -0.25) is 0 Å². The maximum Gasteiger partial charge on any atom is 0.214 e. The first-order valence-corrected chi connectivity index (χ1v) is 9.74. The summed E-state index contributed by atoms with van der Waals surface area (Å²) in [6, 6.07) is 4.31. The Balaban J connectivity index is 1.59. The van der Waals surface area contributed by atoms with E-state index in [9.17, 15) is 12.8 Å². The predicted molar refractivity (Wildman–Crippen MR) is 89.8 cm³/mol. The molecule has 24 heavy (non-hydrogen) atoms. The standard InChI is InChI=1S/C16H19FN4O2S/c17-11-3-6-15-14(8-11)16(19-10-18-15)21-7-1-2-12(9-21)20-24(22,23)13-4-5-13/h3,6,8,10,12-13,20H,1-2,4-5,7,9H2. The fourth-order valence-corrected chi connectivity index (χ4v) is 4.85. The van der Waals surface area contributed by atoms with Crippen LogP contribution in [0.5, 0.6) is 0 Å². The summed E-state index contributed by atoms with van der Waals surface area (Å²) in [4.78, 5) is 10.5. The summed E-state index contributed by atoms with van der Waals surface area (Å²) in [5.41, 5.74) is 0.682. The minimum Gasteiger partial charge on any atom is -0.354 e. The molecular weight excluding hydrogens is 331 g/mol. The van der Waals surface area contributed by atoms with Crippen molar-refractivity contribution in [3.8, 4) is 0 Å². The molecule has 1 aromatic heterocycles. The van der Waals surface area contributed by atoms with Crippen LogP contribution in [0.3, 0.4) is 0 Å². The molecule has 2 aliphatic rings. The molecule has 0 amide bonds. The lowest BCUT2D eigenvalue weighted by molar-refractivity contribution is 0.464. The predicted octanol–water partition coefficient (Wildman–Crippen LogP) is 1.82. The van der Waals surface area contributed by atoms with Crippen LogP contribution in [0.2, 0.25) is 0 Å². The number of benzene rings is 1.